The number of rotatable bonds is 4. The van der Waals surface area contributed by atoms with E-state index in [1.807, 2.05) is 31.7 Å². The third-order valence-corrected chi connectivity index (χ3v) is 6.01. The van der Waals surface area contributed by atoms with Crippen molar-refractivity contribution in [1.82, 2.24) is 9.96 Å². The van der Waals surface area contributed by atoms with Crippen LogP contribution in [0.2, 0.25) is 0 Å². The normalized spacial score (nSPS) is 20.5. The van der Waals surface area contributed by atoms with Gasteiger partial charge in [0.15, 0.2) is 0 Å². The van der Waals surface area contributed by atoms with Crippen molar-refractivity contribution in [3.8, 4) is 5.75 Å². The first kappa shape index (κ1) is 21.9. The number of fused-ring (bicyclic) bond motifs is 1. The van der Waals surface area contributed by atoms with Gasteiger partial charge in [0.1, 0.15) is 17.5 Å². The van der Waals surface area contributed by atoms with Crippen molar-refractivity contribution in [2.45, 2.75) is 71.0 Å². The van der Waals surface area contributed by atoms with E-state index in [9.17, 15) is 9.59 Å². The molecular formula is C24H34N2O5. The molecule has 2 aliphatic heterocycles. The molecule has 2 heterocycles. The largest absolute Gasteiger partial charge is 0.528 e. The van der Waals surface area contributed by atoms with Gasteiger partial charge in [0.2, 0.25) is 5.91 Å². The number of piperidine rings is 1. The number of ether oxygens (including phenoxy) is 2. The molecule has 0 atom stereocenters. The fraction of sp³-hybridized carbons (Fsp3) is 0.667. The molecule has 0 unspecified atom stereocenters. The molecule has 7 nitrogen and oxygen atoms in total. The molecular weight excluding hydrogens is 396 g/mol. The van der Waals surface area contributed by atoms with Gasteiger partial charge in [-0.1, -0.05) is 6.07 Å². The Morgan fingerprint density at radius 2 is 1.61 bits per heavy atom. The molecule has 0 bridgehead atoms. The molecule has 1 saturated heterocycles. The second kappa shape index (κ2) is 9.07. The Morgan fingerprint density at radius 3 is 2.26 bits per heavy atom. The SMILES string of the molecule is CC(C)(C)OC(=O)ON1CCC(Oc2ccc3c(c2)CCN(C(=O)C2CC2)CC3)CC1. The summed E-state index contributed by atoms with van der Waals surface area (Å²) >= 11 is 0. The first-order valence-electron chi connectivity index (χ1n) is 11.5. The maximum Gasteiger partial charge on any atom is 0.528 e. The summed E-state index contributed by atoms with van der Waals surface area (Å²) in [4.78, 5) is 31.6. The van der Waals surface area contributed by atoms with Gasteiger partial charge in [-0.2, -0.15) is 0 Å². The predicted molar refractivity (Wildman–Crippen MR) is 116 cm³/mol. The molecule has 4 rings (SSSR count). The van der Waals surface area contributed by atoms with Gasteiger partial charge in [0.05, 0.1) is 0 Å². The quantitative estimate of drug-likeness (QED) is 0.678. The smallest absolute Gasteiger partial charge is 0.490 e. The van der Waals surface area contributed by atoms with Crippen LogP contribution < -0.4 is 4.74 Å². The first-order valence-corrected chi connectivity index (χ1v) is 11.5. The van der Waals surface area contributed by atoms with Gasteiger partial charge < -0.3 is 19.2 Å². The summed E-state index contributed by atoms with van der Waals surface area (Å²) in [6.07, 6.45) is 4.90. The molecule has 0 spiro atoms. The molecule has 7 heteroatoms. The van der Waals surface area contributed by atoms with Gasteiger partial charge in [-0.15, -0.1) is 5.06 Å². The van der Waals surface area contributed by atoms with E-state index in [2.05, 4.69) is 12.1 Å². The zero-order chi connectivity index (χ0) is 22.0. The third-order valence-electron chi connectivity index (χ3n) is 6.01. The summed E-state index contributed by atoms with van der Waals surface area (Å²) in [7, 11) is 0. The Morgan fingerprint density at radius 1 is 0.935 bits per heavy atom. The van der Waals surface area contributed by atoms with E-state index in [0.717, 1.165) is 57.4 Å². The van der Waals surface area contributed by atoms with Crippen molar-refractivity contribution in [2.24, 2.45) is 5.92 Å². The van der Waals surface area contributed by atoms with E-state index in [1.165, 1.54) is 11.1 Å². The lowest BCUT2D eigenvalue weighted by molar-refractivity contribution is -0.158. The highest BCUT2D eigenvalue weighted by molar-refractivity contribution is 5.81. The minimum Gasteiger partial charge on any atom is -0.490 e. The van der Waals surface area contributed by atoms with Crippen LogP contribution in [0.15, 0.2) is 18.2 Å². The fourth-order valence-electron chi connectivity index (χ4n) is 4.19. The van der Waals surface area contributed by atoms with Crippen LogP contribution >= 0.6 is 0 Å². The van der Waals surface area contributed by atoms with E-state index in [-0.39, 0.29) is 12.0 Å². The van der Waals surface area contributed by atoms with Gasteiger partial charge in [0.25, 0.3) is 0 Å². The molecule has 1 aliphatic carbocycles. The lowest BCUT2D eigenvalue weighted by atomic mass is 10.0. The Bertz CT molecular complexity index is 807. The summed E-state index contributed by atoms with van der Waals surface area (Å²) in [6.45, 7) is 8.30. The van der Waals surface area contributed by atoms with Crippen LogP contribution in [0.3, 0.4) is 0 Å². The van der Waals surface area contributed by atoms with E-state index >= 15 is 0 Å². The van der Waals surface area contributed by atoms with E-state index in [4.69, 9.17) is 14.3 Å². The Hall–Kier alpha value is -2.28. The minimum atomic E-state index is -0.660. The number of nitrogens with zero attached hydrogens (tertiary/aromatic N) is 2. The van der Waals surface area contributed by atoms with Gasteiger partial charge in [0, 0.05) is 44.9 Å². The number of carbonyl (C=O) groups is 2. The molecule has 0 N–H and O–H groups in total. The number of hydrogen-bond acceptors (Lipinski definition) is 6. The molecule has 1 aromatic rings. The number of amides is 1. The summed E-state index contributed by atoms with van der Waals surface area (Å²) in [5.74, 6) is 1.50. The summed E-state index contributed by atoms with van der Waals surface area (Å²) < 4.78 is 11.4. The molecule has 2 fully saturated rings. The molecule has 170 valence electrons. The second-order valence-electron chi connectivity index (χ2n) is 9.83. The summed E-state index contributed by atoms with van der Waals surface area (Å²) in [6, 6.07) is 6.33. The maximum atomic E-state index is 12.4. The van der Waals surface area contributed by atoms with Crippen LogP contribution in [0.1, 0.15) is 57.6 Å². The van der Waals surface area contributed by atoms with Crippen molar-refractivity contribution in [2.75, 3.05) is 26.2 Å². The number of hydroxylamine groups is 2. The predicted octanol–water partition coefficient (Wildman–Crippen LogP) is 3.73. The molecule has 0 radical (unpaired) electrons. The molecule has 1 amide bonds. The van der Waals surface area contributed by atoms with Crippen LogP contribution in [0, 0.1) is 5.92 Å². The Kier molecular flexibility index (Phi) is 6.42. The monoisotopic (exact) mass is 430 g/mol. The number of hydrogen-bond donors (Lipinski definition) is 0. The fourth-order valence-corrected chi connectivity index (χ4v) is 4.19. The zero-order valence-electron chi connectivity index (χ0n) is 18.9. The van der Waals surface area contributed by atoms with Crippen LogP contribution in [0.25, 0.3) is 0 Å². The average Bonchev–Trinajstić information content (AvgIpc) is 3.54. The van der Waals surface area contributed by atoms with Crippen LogP contribution in [-0.2, 0) is 27.2 Å². The maximum absolute atomic E-state index is 12.4. The van der Waals surface area contributed by atoms with Crippen molar-refractivity contribution >= 4 is 12.1 Å². The highest BCUT2D eigenvalue weighted by Crippen LogP contribution is 2.32. The molecule has 31 heavy (non-hydrogen) atoms. The second-order valence-corrected chi connectivity index (χ2v) is 9.83. The van der Waals surface area contributed by atoms with Crippen molar-refractivity contribution in [3.05, 3.63) is 29.3 Å². The topological polar surface area (TPSA) is 68.3 Å². The van der Waals surface area contributed by atoms with E-state index < -0.39 is 11.8 Å². The van der Waals surface area contributed by atoms with Crippen LogP contribution in [0.4, 0.5) is 4.79 Å². The highest BCUT2D eigenvalue weighted by Gasteiger charge is 2.34. The molecule has 3 aliphatic rings. The van der Waals surface area contributed by atoms with E-state index in [0.29, 0.717) is 19.0 Å². The van der Waals surface area contributed by atoms with Gasteiger partial charge in [-0.25, -0.2) is 4.79 Å². The summed E-state index contributed by atoms with van der Waals surface area (Å²) in [5, 5.41) is 1.65. The van der Waals surface area contributed by atoms with Gasteiger partial charge >= 0.3 is 6.16 Å². The minimum absolute atomic E-state index is 0.0928. The number of benzene rings is 1. The average molecular weight is 431 g/mol. The molecule has 1 aromatic carbocycles. The van der Waals surface area contributed by atoms with E-state index in [1.54, 1.807) is 5.06 Å². The van der Waals surface area contributed by atoms with Crippen LogP contribution in [0.5, 0.6) is 5.75 Å². The Balaban J connectivity index is 1.26. The van der Waals surface area contributed by atoms with Crippen molar-refractivity contribution in [1.29, 1.82) is 0 Å². The molecule has 0 aromatic heterocycles. The summed E-state index contributed by atoms with van der Waals surface area (Å²) in [5.41, 5.74) is 2.04. The standard InChI is InChI=1S/C24H34N2O5/c1-24(2,3)30-23(28)31-26-14-10-20(11-15-26)29-21-7-6-17-8-12-25(13-9-19(17)16-21)22(27)18-4-5-18/h6-7,16,18,20H,4-5,8-15H2,1-3H3. The lowest BCUT2D eigenvalue weighted by Gasteiger charge is -2.31. The zero-order valence-corrected chi connectivity index (χ0v) is 18.9. The first-order chi connectivity index (χ1) is 14.8. The number of carbonyl (C=O) groups excluding carboxylic acids is 2. The van der Waals surface area contributed by atoms with Crippen molar-refractivity contribution < 1.29 is 23.9 Å². The van der Waals surface area contributed by atoms with Crippen molar-refractivity contribution in [3.63, 3.8) is 0 Å². The van der Waals surface area contributed by atoms with Gasteiger partial charge in [-0.3, -0.25) is 4.79 Å². The molecule has 1 saturated carbocycles. The van der Waals surface area contributed by atoms with Crippen LogP contribution in [-0.4, -0.2) is 59.9 Å². The third kappa shape index (κ3) is 6.12. The Labute approximate surface area is 184 Å². The van der Waals surface area contributed by atoms with Gasteiger partial charge in [-0.05, 0) is 69.7 Å². The highest BCUT2D eigenvalue weighted by atomic mass is 16.8. The lowest BCUT2D eigenvalue weighted by Crippen LogP contribution is -2.40.